The first-order valence-electron chi connectivity index (χ1n) is 3.43. The van der Waals surface area contributed by atoms with Crippen molar-refractivity contribution < 1.29 is 9.53 Å². The number of hydrogen-bond donors (Lipinski definition) is 0. The summed E-state index contributed by atoms with van der Waals surface area (Å²) in [7, 11) is 1.38. The van der Waals surface area contributed by atoms with Crippen molar-refractivity contribution >= 4 is 18.0 Å². The Morgan fingerprint density at radius 1 is 1.82 bits per heavy atom. The minimum atomic E-state index is -0.195. The molecule has 60 valence electrons. The Bertz CT molecular complexity index is 208. The molecule has 0 aromatic rings. The van der Waals surface area contributed by atoms with Crippen LogP contribution in [-0.2, 0) is 9.53 Å². The molecule has 4 nitrogen and oxygen atoms in total. The maximum Gasteiger partial charge on any atom is 0.305 e. The summed E-state index contributed by atoms with van der Waals surface area (Å²) in [5.74, 6) is -0.195. The highest BCUT2D eigenvalue weighted by Crippen LogP contribution is 1.99. The summed E-state index contributed by atoms with van der Waals surface area (Å²) in [5.41, 5.74) is 0.954. The highest BCUT2D eigenvalue weighted by atomic mass is 16.5. The van der Waals surface area contributed by atoms with Crippen LogP contribution in [0.15, 0.2) is 9.98 Å². The van der Waals surface area contributed by atoms with Crippen molar-refractivity contribution in [2.75, 3.05) is 13.7 Å². The molecule has 0 saturated carbocycles. The lowest BCUT2D eigenvalue weighted by Gasteiger charge is -1.97. The van der Waals surface area contributed by atoms with Crippen LogP contribution >= 0.6 is 0 Å². The molecule has 0 bridgehead atoms. The zero-order valence-electron chi connectivity index (χ0n) is 6.41. The third-order valence-electron chi connectivity index (χ3n) is 1.44. The molecule has 0 unspecified atom stereocenters. The highest BCUT2D eigenvalue weighted by Gasteiger charge is 2.05. The molecule has 0 spiro atoms. The molecule has 0 fully saturated rings. The van der Waals surface area contributed by atoms with Crippen molar-refractivity contribution in [3.8, 4) is 0 Å². The molecule has 0 amide bonds. The van der Waals surface area contributed by atoms with E-state index < -0.39 is 0 Å². The fourth-order valence-corrected chi connectivity index (χ4v) is 0.802. The Morgan fingerprint density at radius 3 is 3.18 bits per heavy atom. The maximum atomic E-state index is 10.7. The van der Waals surface area contributed by atoms with Gasteiger partial charge in [0.05, 0.1) is 20.1 Å². The first kappa shape index (κ1) is 7.91. The zero-order valence-corrected chi connectivity index (χ0v) is 6.41. The minimum absolute atomic E-state index is 0.195. The number of methoxy groups -OCH3 is 1. The van der Waals surface area contributed by atoms with Crippen molar-refractivity contribution in [3.63, 3.8) is 0 Å². The second-order valence-electron chi connectivity index (χ2n) is 2.23. The molecule has 0 radical (unpaired) electrons. The van der Waals surface area contributed by atoms with Crippen LogP contribution in [0.5, 0.6) is 0 Å². The fourth-order valence-electron chi connectivity index (χ4n) is 0.802. The lowest BCUT2D eigenvalue weighted by molar-refractivity contribution is -0.140. The van der Waals surface area contributed by atoms with Crippen LogP contribution in [0.2, 0.25) is 0 Å². The van der Waals surface area contributed by atoms with Gasteiger partial charge in [-0.1, -0.05) is 0 Å². The molecule has 1 heterocycles. The Morgan fingerprint density at radius 2 is 2.64 bits per heavy atom. The number of carbonyl (C=O) groups is 1. The first-order chi connectivity index (χ1) is 5.33. The van der Waals surface area contributed by atoms with Crippen LogP contribution in [0.1, 0.15) is 12.8 Å². The van der Waals surface area contributed by atoms with E-state index in [-0.39, 0.29) is 5.97 Å². The van der Waals surface area contributed by atoms with Gasteiger partial charge in [-0.3, -0.25) is 9.79 Å². The van der Waals surface area contributed by atoms with Crippen LogP contribution in [0.4, 0.5) is 0 Å². The quantitative estimate of drug-likeness (QED) is 0.553. The van der Waals surface area contributed by atoms with E-state index in [4.69, 9.17) is 0 Å². The van der Waals surface area contributed by atoms with E-state index in [0.717, 1.165) is 5.71 Å². The van der Waals surface area contributed by atoms with E-state index in [1.54, 1.807) is 0 Å². The molecule has 4 heteroatoms. The molecule has 0 aromatic carbocycles. The topological polar surface area (TPSA) is 51.0 Å². The molecule has 0 aromatic heterocycles. The summed E-state index contributed by atoms with van der Waals surface area (Å²) in [6.45, 7) is 0.636. The van der Waals surface area contributed by atoms with Crippen molar-refractivity contribution in [1.82, 2.24) is 0 Å². The fraction of sp³-hybridized carbons (Fsp3) is 0.571. The summed E-state index contributed by atoms with van der Waals surface area (Å²) in [6, 6.07) is 0. The first-order valence-corrected chi connectivity index (χ1v) is 3.43. The van der Waals surface area contributed by atoms with Gasteiger partial charge in [0.15, 0.2) is 0 Å². The highest BCUT2D eigenvalue weighted by molar-refractivity contribution is 5.97. The van der Waals surface area contributed by atoms with Crippen LogP contribution < -0.4 is 0 Å². The summed E-state index contributed by atoms with van der Waals surface area (Å²) in [6.07, 6.45) is 2.58. The van der Waals surface area contributed by atoms with Gasteiger partial charge in [-0.2, -0.15) is 0 Å². The summed E-state index contributed by atoms with van der Waals surface area (Å²) >= 11 is 0. The van der Waals surface area contributed by atoms with Gasteiger partial charge in [-0.05, 0) is 6.42 Å². The second kappa shape index (κ2) is 3.85. The Labute approximate surface area is 65.0 Å². The lowest BCUT2D eigenvalue weighted by Crippen LogP contribution is -2.06. The van der Waals surface area contributed by atoms with Crippen LogP contribution in [-0.4, -0.2) is 31.7 Å². The van der Waals surface area contributed by atoms with Gasteiger partial charge in [0.25, 0.3) is 0 Å². The predicted octanol–water partition coefficient (Wildman–Crippen LogP) is 0.422. The zero-order chi connectivity index (χ0) is 8.10. The van der Waals surface area contributed by atoms with Gasteiger partial charge in [0.2, 0.25) is 0 Å². The van der Waals surface area contributed by atoms with Gasteiger partial charge in [0, 0.05) is 5.71 Å². The molecule has 1 aliphatic heterocycles. The van der Waals surface area contributed by atoms with E-state index >= 15 is 0 Å². The molecule has 11 heavy (non-hydrogen) atoms. The predicted molar refractivity (Wildman–Crippen MR) is 42.0 cm³/mol. The number of carbonyl (C=O) groups excluding carboxylic acids is 1. The second-order valence-corrected chi connectivity index (χ2v) is 2.23. The van der Waals surface area contributed by atoms with Crippen LogP contribution in [0, 0.1) is 0 Å². The normalized spacial score (nSPS) is 14.8. The number of nitrogens with zero attached hydrogens (tertiary/aromatic N) is 2. The third kappa shape index (κ3) is 2.49. The molecular weight excluding hydrogens is 144 g/mol. The van der Waals surface area contributed by atoms with Crippen molar-refractivity contribution in [3.05, 3.63) is 0 Å². The monoisotopic (exact) mass is 154 g/mol. The van der Waals surface area contributed by atoms with Gasteiger partial charge >= 0.3 is 5.97 Å². The van der Waals surface area contributed by atoms with E-state index in [1.807, 2.05) is 0 Å². The molecule has 0 saturated heterocycles. The van der Waals surface area contributed by atoms with Crippen LogP contribution in [0.25, 0.3) is 0 Å². The Hall–Kier alpha value is -1.19. The number of hydrogen-bond acceptors (Lipinski definition) is 4. The van der Waals surface area contributed by atoms with E-state index in [2.05, 4.69) is 14.7 Å². The molecule has 1 aliphatic rings. The van der Waals surface area contributed by atoms with Gasteiger partial charge in [0.1, 0.15) is 6.34 Å². The summed E-state index contributed by atoms with van der Waals surface area (Å²) in [5, 5.41) is 0. The molecule has 0 N–H and O–H groups in total. The Kier molecular flexibility index (Phi) is 2.77. The molecule has 0 atom stereocenters. The van der Waals surface area contributed by atoms with Crippen molar-refractivity contribution in [2.24, 2.45) is 9.98 Å². The largest absolute Gasteiger partial charge is 0.469 e. The molecule has 0 aliphatic carbocycles. The van der Waals surface area contributed by atoms with Gasteiger partial charge in [-0.15, -0.1) is 0 Å². The minimum Gasteiger partial charge on any atom is -0.469 e. The third-order valence-corrected chi connectivity index (χ3v) is 1.44. The molecular formula is C7H10N2O2. The summed E-state index contributed by atoms with van der Waals surface area (Å²) < 4.78 is 4.48. The van der Waals surface area contributed by atoms with E-state index in [1.165, 1.54) is 13.4 Å². The number of ether oxygens (including phenoxy) is 1. The average Bonchev–Trinajstić information content (AvgIpc) is 2.52. The SMILES string of the molecule is COC(=O)CCC1=NC=NC1. The maximum absolute atomic E-state index is 10.7. The Balaban J connectivity index is 2.18. The van der Waals surface area contributed by atoms with Gasteiger partial charge < -0.3 is 4.74 Å². The average molecular weight is 154 g/mol. The number of esters is 1. The van der Waals surface area contributed by atoms with E-state index in [0.29, 0.717) is 19.4 Å². The van der Waals surface area contributed by atoms with Crippen molar-refractivity contribution in [1.29, 1.82) is 0 Å². The summed E-state index contributed by atoms with van der Waals surface area (Å²) in [4.78, 5) is 18.5. The standard InChI is InChI=1S/C7H10N2O2/c1-11-7(10)3-2-6-4-8-5-9-6/h5H,2-4H2,1H3. The van der Waals surface area contributed by atoms with Crippen LogP contribution in [0.3, 0.4) is 0 Å². The molecule has 1 rings (SSSR count). The smallest absolute Gasteiger partial charge is 0.305 e. The number of rotatable bonds is 3. The van der Waals surface area contributed by atoms with Gasteiger partial charge in [-0.25, -0.2) is 4.99 Å². The van der Waals surface area contributed by atoms with Crippen molar-refractivity contribution in [2.45, 2.75) is 12.8 Å². The van der Waals surface area contributed by atoms with E-state index in [9.17, 15) is 4.79 Å². The lowest BCUT2D eigenvalue weighted by atomic mass is 10.2. The number of aliphatic imine (C=N–C) groups is 2.